The molecule has 0 aliphatic heterocycles. The summed E-state index contributed by atoms with van der Waals surface area (Å²) in [6.45, 7) is 9.96. The first-order chi connectivity index (χ1) is 8.93. The van der Waals surface area contributed by atoms with Crippen molar-refractivity contribution in [2.45, 2.75) is 84.0 Å². The zero-order valence-electron chi connectivity index (χ0n) is 13.2. The summed E-state index contributed by atoms with van der Waals surface area (Å²) >= 11 is 0. The number of aliphatic hydroxyl groups excluding tert-OH is 1. The lowest BCUT2D eigenvalue weighted by atomic mass is 9.89. The summed E-state index contributed by atoms with van der Waals surface area (Å²) in [6, 6.07) is 0. The van der Waals surface area contributed by atoms with Crippen molar-refractivity contribution in [2.24, 2.45) is 5.92 Å². The molecule has 0 bridgehead atoms. The van der Waals surface area contributed by atoms with E-state index in [1.54, 1.807) is 0 Å². The molecule has 19 heavy (non-hydrogen) atoms. The van der Waals surface area contributed by atoms with E-state index in [-0.39, 0.29) is 5.54 Å². The van der Waals surface area contributed by atoms with Gasteiger partial charge in [0.1, 0.15) is 0 Å². The van der Waals surface area contributed by atoms with E-state index in [1.165, 1.54) is 12.8 Å². The fourth-order valence-corrected chi connectivity index (χ4v) is 2.81. The van der Waals surface area contributed by atoms with Crippen LogP contribution in [0.1, 0.15) is 66.2 Å². The van der Waals surface area contributed by atoms with Gasteiger partial charge in [0, 0.05) is 12.1 Å². The molecule has 1 saturated carbocycles. The maximum absolute atomic E-state index is 9.98. The molecule has 1 fully saturated rings. The van der Waals surface area contributed by atoms with E-state index in [4.69, 9.17) is 4.74 Å². The normalized spacial score (nSPS) is 26.4. The predicted octanol–water partition coefficient (Wildman–Crippen LogP) is 3.11. The van der Waals surface area contributed by atoms with Crippen LogP contribution in [-0.2, 0) is 4.74 Å². The Morgan fingerprint density at radius 2 is 1.89 bits per heavy atom. The highest BCUT2D eigenvalue weighted by atomic mass is 16.5. The fourth-order valence-electron chi connectivity index (χ4n) is 2.81. The number of aliphatic hydroxyl groups is 1. The Hall–Kier alpha value is -0.120. The zero-order chi connectivity index (χ0) is 14.3. The van der Waals surface area contributed by atoms with Crippen molar-refractivity contribution in [2.75, 3.05) is 13.2 Å². The van der Waals surface area contributed by atoms with Crippen LogP contribution in [0.5, 0.6) is 0 Å². The summed E-state index contributed by atoms with van der Waals surface area (Å²) in [5.74, 6) is 0.848. The van der Waals surface area contributed by atoms with Crippen molar-refractivity contribution >= 4 is 0 Å². The molecule has 0 amide bonds. The van der Waals surface area contributed by atoms with E-state index in [0.717, 1.165) is 31.6 Å². The average molecular weight is 271 g/mol. The molecule has 3 nitrogen and oxygen atoms in total. The van der Waals surface area contributed by atoms with Crippen molar-refractivity contribution in [3.8, 4) is 0 Å². The lowest BCUT2D eigenvalue weighted by Crippen LogP contribution is -2.44. The molecule has 0 radical (unpaired) electrons. The van der Waals surface area contributed by atoms with E-state index in [9.17, 15) is 5.11 Å². The molecule has 1 rings (SSSR count). The number of hydrogen-bond donors (Lipinski definition) is 2. The molecule has 1 aliphatic rings. The van der Waals surface area contributed by atoms with Gasteiger partial charge in [-0.05, 0) is 51.9 Å². The summed E-state index contributed by atoms with van der Waals surface area (Å²) in [4.78, 5) is 0. The standard InChI is InChI=1S/C16H33NO2/c1-5-10-16(3,4)17-11-14(18)12-19-15-8-6-13(2)7-9-15/h13-15,17-18H,5-12H2,1-4H3. The Labute approximate surface area is 119 Å². The number of ether oxygens (including phenoxy) is 1. The molecule has 0 spiro atoms. The van der Waals surface area contributed by atoms with Crippen molar-refractivity contribution in [1.29, 1.82) is 0 Å². The van der Waals surface area contributed by atoms with Crippen LogP contribution in [0.3, 0.4) is 0 Å². The van der Waals surface area contributed by atoms with Gasteiger partial charge in [-0.25, -0.2) is 0 Å². The number of rotatable bonds is 8. The third-order valence-electron chi connectivity index (χ3n) is 4.18. The number of hydrogen-bond acceptors (Lipinski definition) is 3. The number of nitrogens with one attached hydrogen (secondary N) is 1. The highest BCUT2D eigenvalue weighted by Crippen LogP contribution is 2.25. The Kier molecular flexibility index (Phi) is 7.33. The summed E-state index contributed by atoms with van der Waals surface area (Å²) in [6.07, 6.45) is 7.11. The van der Waals surface area contributed by atoms with Gasteiger partial charge in [0.25, 0.3) is 0 Å². The van der Waals surface area contributed by atoms with Gasteiger partial charge in [-0.3, -0.25) is 0 Å². The van der Waals surface area contributed by atoms with Crippen molar-refractivity contribution in [3.05, 3.63) is 0 Å². The molecule has 1 aliphatic carbocycles. The van der Waals surface area contributed by atoms with Crippen LogP contribution in [0.25, 0.3) is 0 Å². The van der Waals surface area contributed by atoms with E-state index >= 15 is 0 Å². The molecule has 0 saturated heterocycles. The van der Waals surface area contributed by atoms with Crippen molar-refractivity contribution in [3.63, 3.8) is 0 Å². The topological polar surface area (TPSA) is 41.5 Å². The maximum atomic E-state index is 9.98. The van der Waals surface area contributed by atoms with Gasteiger partial charge in [0.2, 0.25) is 0 Å². The van der Waals surface area contributed by atoms with E-state index in [2.05, 4.69) is 33.0 Å². The van der Waals surface area contributed by atoms with E-state index < -0.39 is 6.10 Å². The van der Waals surface area contributed by atoms with Crippen LogP contribution in [0.4, 0.5) is 0 Å². The van der Waals surface area contributed by atoms with Gasteiger partial charge in [0.05, 0.1) is 18.8 Å². The first-order valence-electron chi connectivity index (χ1n) is 7.97. The summed E-state index contributed by atoms with van der Waals surface area (Å²) in [7, 11) is 0. The average Bonchev–Trinajstić information content (AvgIpc) is 2.36. The minimum Gasteiger partial charge on any atom is -0.389 e. The molecular weight excluding hydrogens is 238 g/mol. The second-order valence-electron chi connectivity index (χ2n) is 6.88. The van der Waals surface area contributed by atoms with Gasteiger partial charge in [-0.15, -0.1) is 0 Å². The molecule has 0 aromatic rings. The van der Waals surface area contributed by atoms with Crippen LogP contribution in [-0.4, -0.2) is 36.0 Å². The molecule has 1 unspecified atom stereocenters. The SMILES string of the molecule is CCCC(C)(C)NCC(O)COC1CCC(C)CC1. The summed E-state index contributed by atoms with van der Waals surface area (Å²) in [5.41, 5.74) is 0.107. The first kappa shape index (κ1) is 16.9. The molecule has 1 atom stereocenters. The maximum Gasteiger partial charge on any atom is 0.0898 e. The van der Waals surface area contributed by atoms with Gasteiger partial charge >= 0.3 is 0 Å². The molecular formula is C16H33NO2. The lowest BCUT2D eigenvalue weighted by molar-refractivity contribution is -0.0293. The minimum atomic E-state index is -0.393. The number of β-amino-alcohol motifs (C(OH)–C–C–N with tert-alkyl or cyclic N) is 1. The second-order valence-corrected chi connectivity index (χ2v) is 6.88. The highest BCUT2D eigenvalue weighted by Gasteiger charge is 2.21. The molecule has 3 heteroatoms. The smallest absolute Gasteiger partial charge is 0.0898 e. The Balaban J connectivity index is 2.12. The predicted molar refractivity (Wildman–Crippen MR) is 80.4 cm³/mol. The van der Waals surface area contributed by atoms with Crippen molar-refractivity contribution < 1.29 is 9.84 Å². The van der Waals surface area contributed by atoms with Gasteiger partial charge in [-0.1, -0.05) is 20.3 Å². The molecule has 0 aromatic carbocycles. The van der Waals surface area contributed by atoms with Crippen LogP contribution in [0.2, 0.25) is 0 Å². The van der Waals surface area contributed by atoms with E-state index in [1.807, 2.05) is 0 Å². The Morgan fingerprint density at radius 1 is 1.26 bits per heavy atom. The molecule has 0 aromatic heterocycles. The monoisotopic (exact) mass is 271 g/mol. The summed E-state index contributed by atoms with van der Waals surface area (Å²) < 4.78 is 5.83. The van der Waals surface area contributed by atoms with Gasteiger partial charge < -0.3 is 15.2 Å². The highest BCUT2D eigenvalue weighted by molar-refractivity contribution is 4.78. The Morgan fingerprint density at radius 3 is 2.47 bits per heavy atom. The molecule has 0 heterocycles. The van der Waals surface area contributed by atoms with Crippen LogP contribution in [0.15, 0.2) is 0 Å². The third kappa shape index (κ3) is 7.28. The lowest BCUT2D eigenvalue weighted by Gasteiger charge is -2.29. The van der Waals surface area contributed by atoms with Gasteiger partial charge in [0.15, 0.2) is 0 Å². The van der Waals surface area contributed by atoms with Crippen LogP contribution < -0.4 is 5.32 Å². The third-order valence-corrected chi connectivity index (χ3v) is 4.18. The first-order valence-corrected chi connectivity index (χ1v) is 7.97. The van der Waals surface area contributed by atoms with Crippen molar-refractivity contribution in [1.82, 2.24) is 5.32 Å². The fraction of sp³-hybridized carbons (Fsp3) is 1.00. The quantitative estimate of drug-likeness (QED) is 0.713. The van der Waals surface area contributed by atoms with E-state index in [0.29, 0.717) is 19.3 Å². The van der Waals surface area contributed by atoms with Crippen LogP contribution in [0, 0.1) is 5.92 Å². The van der Waals surface area contributed by atoms with Crippen LogP contribution >= 0.6 is 0 Å². The molecule has 114 valence electrons. The van der Waals surface area contributed by atoms with Gasteiger partial charge in [-0.2, -0.15) is 0 Å². The Bertz CT molecular complexity index is 235. The second kappa shape index (κ2) is 8.23. The zero-order valence-corrected chi connectivity index (χ0v) is 13.2. The minimum absolute atomic E-state index is 0.107. The summed E-state index contributed by atoms with van der Waals surface area (Å²) in [5, 5.41) is 13.4. The largest absolute Gasteiger partial charge is 0.389 e. The molecule has 2 N–H and O–H groups in total.